The fourth-order valence-corrected chi connectivity index (χ4v) is 1.90. The number of rotatable bonds is 3. The van der Waals surface area contributed by atoms with E-state index >= 15 is 0 Å². The number of alkyl halides is 2. The Morgan fingerprint density at radius 1 is 1.71 bits per heavy atom. The maximum Gasteiger partial charge on any atom is 0.262 e. The third-order valence-electron chi connectivity index (χ3n) is 1.39. The van der Waals surface area contributed by atoms with Crippen molar-refractivity contribution in [3.63, 3.8) is 0 Å². The van der Waals surface area contributed by atoms with Crippen LogP contribution in [0.1, 0.15) is 17.3 Å². The van der Waals surface area contributed by atoms with E-state index in [1.165, 1.54) is 11.3 Å². The molecule has 6 heteroatoms. The summed E-state index contributed by atoms with van der Waals surface area (Å²) in [6, 6.07) is 1.59. The van der Waals surface area contributed by atoms with Gasteiger partial charge < -0.3 is 5.32 Å². The molecule has 0 aromatic carbocycles. The Bertz CT molecular complexity index is 334. The zero-order chi connectivity index (χ0) is 10.8. The third-order valence-corrected chi connectivity index (χ3v) is 2.89. The highest BCUT2D eigenvalue weighted by Crippen LogP contribution is 2.20. The molecule has 2 nitrogen and oxygen atoms in total. The molecule has 0 saturated carbocycles. The molecule has 0 atom stereocenters. The summed E-state index contributed by atoms with van der Waals surface area (Å²) in [6.07, 6.45) is 0. The lowest BCUT2D eigenvalue weighted by Crippen LogP contribution is -2.34. The minimum absolute atomic E-state index is 0.395. The maximum absolute atomic E-state index is 12.4. The highest BCUT2D eigenvalue weighted by Gasteiger charge is 2.22. The first-order valence-electron chi connectivity index (χ1n) is 3.78. The summed E-state index contributed by atoms with van der Waals surface area (Å²) in [5.74, 6) is -3.35. The smallest absolute Gasteiger partial charge is 0.262 e. The van der Waals surface area contributed by atoms with Crippen LogP contribution < -0.4 is 5.32 Å². The van der Waals surface area contributed by atoms with E-state index in [2.05, 4.69) is 21.2 Å². The second-order valence-electron chi connectivity index (χ2n) is 2.89. The zero-order valence-electron chi connectivity index (χ0n) is 7.31. The van der Waals surface area contributed by atoms with Gasteiger partial charge in [-0.1, -0.05) is 0 Å². The highest BCUT2D eigenvalue weighted by molar-refractivity contribution is 9.11. The quantitative estimate of drug-likeness (QED) is 0.908. The molecule has 0 unspecified atom stereocenters. The molecule has 14 heavy (non-hydrogen) atoms. The SMILES string of the molecule is CC(F)(F)CNC(=O)c1csc(Br)c1. The fraction of sp³-hybridized carbons (Fsp3) is 0.375. The molecule has 0 fully saturated rings. The maximum atomic E-state index is 12.4. The van der Waals surface area contributed by atoms with E-state index in [0.717, 1.165) is 10.7 Å². The van der Waals surface area contributed by atoms with Crippen molar-refractivity contribution in [1.29, 1.82) is 0 Å². The molecule has 0 saturated heterocycles. The Kier molecular flexibility index (Phi) is 3.60. The second kappa shape index (κ2) is 4.35. The van der Waals surface area contributed by atoms with Crippen LogP contribution in [0, 0.1) is 0 Å². The monoisotopic (exact) mass is 283 g/mol. The van der Waals surface area contributed by atoms with Gasteiger partial charge in [0.2, 0.25) is 0 Å². The van der Waals surface area contributed by atoms with Gasteiger partial charge in [-0.25, -0.2) is 8.78 Å². The minimum atomic E-state index is -2.87. The van der Waals surface area contributed by atoms with Gasteiger partial charge in [0.15, 0.2) is 0 Å². The van der Waals surface area contributed by atoms with E-state index in [9.17, 15) is 13.6 Å². The molecule has 0 bridgehead atoms. The van der Waals surface area contributed by atoms with Crippen LogP contribution in [-0.2, 0) is 0 Å². The summed E-state index contributed by atoms with van der Waals surface area (Å²) in [7, 11) is 0. The lowest BCUT2D eigenvalue weighted by Gasteiger charge is -2.10. The molecule has 1 aromatic heterocycles. The van der Waals surface area contributed by atoms with Crippen molar-refractivity contribution >= 4 is 33.2 Å². The lowest BCUT2D eigenvalue weighted by atomic mass is 10.3. The average Bonchev–Trinajstić information content (AvgIpc) is 2.46. The van der Waals surface area contributed by atoms with Gasteiger partial charge in [-0.3, -0.25) is 4.79 Å². The zero-order valence-corrected chi connectivity index (χ0v) is 9.71. The van der Waals surface area contributed by atoms with Gasteiger partial charge in [-0.05, 0) is 22.0 Å². The average molecular weight is 284 g/mol. The van der Waals surface area contributed by atoms with Gasteiger partial charge in [0.1, 0.15) is 0 Å². The van der Waals surface area contributed by atoms with Crippen LogP contribution >= 0.6 is 27.3 Å². The number of halogens is 3. The summed E-state index contributed by atoms with van der Waals surface area (Å²) in [5, 5.41) is 3.75. The summed E-state index contributed by atoms with van der Waals surface area (Å²) in [5.41, 5.74) is 0.395. The highest BCUT2D eigenvalue weighted by atomic mass is 79.9. The Hall–Kier alpha value is -0.490. The summed E-state index contributed by atoms with van der Waals surface area (Å²) in [6.45, 7) is 0.121. The van der Waals surface area contributed by atoms with E-state index in [0.29, 0.717) is 5.56 Å². The Morgan fingerprint density at radius 3 is 2.79 bits per heavy atom. The predicted molar refractivity (Wildman–Crippen MR) is 55.0 cm³/mol. The molecule has 1 rings (SSSR count). The number of carbonyl (C=O) groups excluding carboxylic acids is 1. The first kappa shape index (κ1) is 11.6. The molecular formula is C8H8BrF2NOS. The van der Waals surface area contributed by atoms with Crippen molar-refractivity contribution in [1.82, 2.24) is 5.32 Å². The van der Waals surface area contributed by atoms with Crippen LogP contribution in [0.25, 0.3) is 0 Å². The number of hydrogen-bond acceptors (Lipinski definition) is 2. The number of carbonyl (C=O) groups is 1. The largest absolute Gasteiger partial charge is 0.346 e. The van der Waals surface area contributed by atoms with Crippen molar-refractivity contribution in [3.05, 3.63) is 20.8 Å². The van der Waals surface area contributed by atoms with Crippen molar-refractivity contribution in [3.8, 4) is 0 Å². The number of hydrogen-bond donors (Lipinski definition) is 1. The predicted octanol–water partition coefficient (Wildman–Crippen LogP) is 2.90. The topological polar surface area (TPSA) is 29.1 Å². The molecule has 0 aliphatic heterocycles. The van der Waals surface area contributed by atoms with E-state index in [-0.39, 0.29) is 0 Å². The Morgan fingerprint density at radius 2 is 2.36 bits per heavy atom. The number of thiophene rings is 1. The molecule has 0 aliphatic carbocycles. The van der Waals surface area contributed by atoms with Crippen LogP contribution in [0.2, 0.25) is 0 Å². The second-order valence-corrected chi connectivity index (χ2v) is 5.18. The van der Waals surface area contributed by atoms with Gasteiger partial charge in [-0.2, -0.15) is 0 Å². The van der Waals surface area contributed by atoms with Crippen molar-refractivity contribution in [2.45, 2.75) is 12.8 Å². The van der Waals surface area contributed by atoms with Gasteiger partial charge in [0.05, 0.1) is 15.9 Å². The van der Waals surface area contributed by atoms with Crippen LogP contribution in [0.5, 0.6) is 0 Å². The van der Waals surface area contributed by atoms with Crippen LogP contribution in [0.3, 0.4) is 0 Å². The van der Waals surface area contributed by atoms with E-state index in [1.54, 1.807) is 11.4 Å². The first-order valence-corrected chi connectivity index (χ1v) is 5.46. The van der Waals surface area contributed by atoms with Crippen molar-refractivity contribution in [2.75, 3.05) is 6.54 Å². The van der Waals surface area contributed by atoms with Crippen LogP contribution in [-0.4, -0.2) is 18.4 Å². The third kappa shape index (κ3) is 3.71. The summed E-state index contributed by atoms with van der Waals surface area (Å²) < 4.78 is 25.6. The molecule has 0 spiro atoms. The van der Waals surface area contributed by atoms with E-state index in [1.807, 2.05) is 0 Å². The van der Waals surface area contributed by atoms with Gasteiger partial charge >= 0.3 is 0 Å². The van der Waals surface area contributed by atoms with Crippen molar-refractivity contribution < 1.29 is 13.6 Å². The van der Waals surface area contributed by atoms with Gasteiger partial charge in [-0.15, -0.1) is 11.3 Å². The fourth-order valence-electron chi connectivity index (χ4n) is 0.767. The van der Waals surface area contributed by atoms with Crippen molar-refractivity contribution in [2.24, 2.45) is 0 Å². The molecule has 0 aliphatic rings. The van der Waals surface area contributed by atoms with E-state index < -0.39 is 18.4 Å². The summed E-state index contributed by atoms with van der Waals surface area (Å²) >= 11 is 4.52. The molecule has 1 aromatic rings. The molecule has 1 amide bonds. The minimum Gasteiger partial charge on any atom is -0.346 e. The number of amides is 1. The van der Waals surface area contributed by atoms with Crippen LogP contribution in [0.4, 0.5) is 8.78 Å². The normalized spacial score (nSPS) is 11.4. The molecule has 78 valence electrons. The van der Waals surface area contributed by atoms with Gasteiger partial charge in [0.25, 0.3) is 11.8 Å². The molecule has 1 heterocycles. The standard InChI is InChI=1S/C8H8BrF2NOS/c1-8(10,11)4-12-7(13)5-2-6(9)14-3-5/h2-3H,4H2,1H3,(H,12,13). The van der Waals surface area contributed by atoms with Gasteiger partial charge in [0, 0.05) is 12.3 Å². The Labute approximate surface area is 92.4 Å². The van der Waals surface area contributed by atoms with E-state index in [4.69, 9.17) is 0 Å². The lowest BCUT2D eigenvalue weighted by molar-refractivity contribution is 0.0221. The molecule has 1 N–H and O–H groups in total. The Balaban J connectivity index is 2.52. The number of nitrogens with one attached hydrogen (secondary N) is 1. The van der Waals surface area contributed by atoms with Crippen LogP contribution in [0.15, 0.2) is 15.2 Å². The molecular weight excluding hydrogens is 276 g/mol. The summed E-state index contributed by atoms with van der Waals surface area (Å²) in [4.78, 5) is 11.2. The molecule has 0 radical (unpaired) electrons. The first-order chi connectivity index (χ1) is 6.38.